The number of nitrogens with zero attached hydrogens (tertiary/aromatic N) is 1. The van der Waals surface area contributed by atoms with Crippen molar-refractivity contribution in [3.8, 4) is 0 Å². The van der Waals surface area contributed by atoms with Crippen LogP contribution < -0.4 is 16.0 Å². The lowest BCUT2D eigenvalue weighted by Crippen LogP contribution is -2.54. The number of nitrogens with one attached hydrogen (secondary N) is 1. The van der Waals surface area contributed by atoms with E-state index in [0.717, 1.165) is 43.4 Å². The van der Waals surface area contributed by atoms with Crippen LogP contribution in [0.15, 0.2) is 29.2 Å². The summed E-state index contributed by atoms with van der Waals surface area (Å²) in [6.07, 6.45) is 6.74. The minimum atomic E-state index is -1.09. The molecule has 1 aromatic rings. The molecule has 0 bridgehead atoms. The van der Waals surface area contributed by atoms with Gasteiger partial charge >= 0.3 is 11.9 Å². The second-order valence-electron chi connectivity index (χ2n) is 7.82. The molecular weight excluding hydrogens is 430 g/mol. The molecule has 0 radical (unpaired) electrons. The third-order valence-corrected chi connectivity index (χ3v) is 6.50. The van der Waals surface area contributed by atoms with E-state index in [0.29, 0.717) is 24.4 Å². The predicted octanol–water partition coefficient (Wildman–Crippen LogP) is 2.79. The number of benzene rings is 1. The molecule has 0 aromatic heterocycles. The summed E-state index contributed by atoms with van der Waals surface area (Å²) in [6.45, 7) is 2.30. The number of carbonyl (C=O) groups is 3. The van der Waals surface area contributed by atoms with Crippen LogP contribution in [-0.4, -0.2) is 60.5 Å². The van der Waals surface area contributed by atoms with Crippen LogP contribution in [0.1, 0.15) is 51.9 Å². The molecule has 0 spiro atoms. The Morgan fingerprint density at radius 3 is 2.59 bits per heavy atom. The highest BCUT2D eigenvalue weighted by Gasteiger charge is 2.34. The van der Waals surface area contributed by atoms with Gasteiger partial charge in [0.25, 0.3) is 0 Å². The Bertz CT molecular complexity index is 761. The van der Waals surface area contributed by atoms with E-state index in [1.807, 2.05) is 12.1 Å². The predicted molar refractivity (Wildman–Crippen MR) is 126 cm³/mol. The molecule has 4 N–H and O–H groups in total. The molecule has 0 unspecified atom stereocenters. The Labute approximate surface area is 194 Å². The Balaban J connectivity index is 2.06. The third-order valence-electron chi connectivity index (χ3n) is 5.34. The van der Waals surface area contributed by atoms with Crippen LogP contribution in [0.4, 0.5) is 5.69 Å². The smallest absolute Gasteiger partial charge is 0.323 e. The minimum absolute atomic E-state index is 0.264. The van der Waals surface area contributed by atoms with E-state index in [1.54, 1.807) is 19.1 Å². The lowest BCUT2D eigenvalue weighted by atomic mass is 10.0. The topological polar surface area (TPSA) is 122 Å². The van der Waals surface area contributed by atoms with Gasteiger partial charge in [0, 0.05) is 10.6 Å². The molecule has 1 aromatic carbocycles. The van der Waals surface area contributed by atoms with E-state index in [4.69, 9.17) is 10.5 Å². The van der Waals surface area contributed by atoms with Crippen molar-refractivity contribution in [1.82, 2.24) is 5.32 Å². The normalized spacial score (nSPS) is 16.9. The second kappa shape index (κ2) is 14.1. The van der Waals surface area contributed by atoms with Crippen molar-refractivity contribution in [2.45, 2.75) is 68.8 Å². The van der Waals surface area contributed by atoms with Crippen LogP contribution in [0, 0.1) is 0 Å². The van der Waals surface area contributed by atoms with Gasteiger partial charge in [-0.1, -0.05) is 44.2 Å². The molecule has 8 nitrogen and oxygen atoms in total. The quantitative estimate of drug-likeness (QED) is 0.283. The molecule has 2 rings (SSSR count). The van der Waals surface area contributed by atoms with Gasteiger partial charge in [0.05, 0.1) is 18.3 Å². The minimum Gasteiger partial charge on any atom is -0.480 e. The molecule has 2 atom stereocenters. The summed E-state index contributed by atoms with van der Waals surface area (Å²) in [5, 5.41) is 12.5. The van der Waals surface area contributed by atoms with Gasteiger partial charge in [0.1, 0.15) is 12.6 Å². The summed E-state index contributed by atoms with van der Waals surface area (Å²) in [6, 6.07) is 5.96. The Morgan fingerprint density at radius 1 is 1.22 bits per heavy atom. The fourth-order valence-corrected chi connectivity index (χ4v) is 4.81. The SMILES string of the molecule is CCOC(=O)[C@H](CCCCCCCCN)N[C@H]1CSc2ccccc2N(CC(=O)O)C1=O. The van der Waals surface area contributed by atoms with Crippen molar-refractivity contribution in [3.63, 3.8) is 0 Å². The first kappa shape index (κ1) is 26.2. The molecule has 0 saturated carbocycles. The fraction of sp³-hybridized carbons (Fsp3) is 0.609. The number of amides is 1. The van der Waals surface area contributed by atoms with Gasteiger partial charge in [-0.05, 0) is 38.4 Å². The van der Waals surface area contributed by atoms with E-state index in [1.165, 1.54) is 16.7 Å². The number of anilines is 1. The Morgan fingerprint density at radius 2 is 1.91 bits per heavy atom. The van der Waals surface area contributed by atoms with Crippen LogP contribution in [0.3, 0.4) is 0 Å². The van der Waals surface area contributed by atoms with Gasteiger partial charge in [-0.3, -0.25) is 24.6 Å². The molecule has 1 heterocycles. The Kier molecular flexibility index (Phi) is 11.5. The monoisotopic (exact) mass is 465 g/mol. The molecule has 0 saturated heterocycles. The highest BCUT2D eigenvalue weighted by molar-refractivity contribution is 7.99. The van der Waals surface area contributed by atoms with Crippen LogP contribution >= 0.6 is 11.8 Å². The third kappa shape index (κ3) is 8.11. The van der Waals surface area contributed by atoms with Gasteiger partial charge in [0.2, 0.25) is 5.91 Å². The van der Waals surface area contributed by atoms with Crippen molar-refractivity contribution < 1.29 is 24.2 Å². The first-order chi connectivity index (χ1) is 15.5. The second-order valence-corrected chi connectivity index (χ2v) is 8.88. The first-order valence-electron chi connectivity index (χ1n) is 11.4. The van der Waals surface area contributed by atoms with Crippen molar-refractivity contribution in [1.29, 1.82) is 0 Å². The van der Waals surface area contributed by atoms with E-state index in [2.05, 4.69) is 5.32 Å². The standard InChI is InChI=1S/C23H35N3O5S/c1-2-31-23(30)17(11-7-5-3-4-6-10-14-24)25-18-16-32-20-13-9-8-12-19(20)26(22(18)29)15-21(27)28/h8-9,12-13,17-18,25H,2-7,10-11,14-16,24H2,1H3,(H,27,28)/t17-,18-/m0/s1. The number of para-hydroxylation sites is 1. The number of aliphatic carboxylic acids is 1. The molecule has 1 aliphatic heterocycles. The largest absolute Gasteiger partial charge is 0.480 e. The number of rotatable bonds is 14. The molecule has 32 heavy (non-hydrogen) atoms. The number of nitrogens with two attached hydrogens (primary N) is 1. The van der Waals surface area contributed by atoms with Crippen molar-refractivity contribution in [2.24, 2.45) is 5.73 Å². The number of unbranched alkanes of at least 4 members (excludes halogenated alkanes) is 5. The Hall–Kier alpha value is -2.10. The molecule has 0 aliphatic carbocycles. The van der Waals surface area contributed by atoms with Crippen molar-refractivity contribution in [2.75, 3.05) is 30.3 Å². The zero-order chi connectivity index (χ0) is 23.3. The van der Waals surface area contributed by atoms with E-state index < -0.39 is 24.6 Å². The van der Waals surface area contributed by atoms with Gasteiger partial charge in [-0.15, -0.1) is 11.8 Å². The summed E-state index contributed by atoms with van der Waals surface area (Å²) < 4.78 is 5.23. The molecular formula is C23H35N3O5S. The highest BCUT2D eigenvalue weighted by Crippen LogP contribution is 2.34. The molecule has 0 fully saturated rings. The fourth-order valence-electron chi connectivity index (χ4n) is 3.73. The van der Waals surface area contributed by atoms with Gasteiger partial charge in [-0.2, -0.15) is 0 Å². The van der Waals surface area contributed by atoms with Crippen LogP contribution in [0.5, 0.6) is 0 Å². The van der Waals surface area contributed by atoms with Crippen molar-refractivity contribution in [3.05, 3.63) is 24.3 Å². The average molecular weight is 466 g/mol. The number of esters is 1. The lowest BCUT2D eigenvalue weighted by Gasteiger charge is -2.27. The first-order valence-corrected chi connectivity index (χ1v) is 12.3. The number of hydrogen-bond donors (Lipinski definition) is 3. The zero-order valence-corrected chi connectivity index (χ0v) is 19.6. The summed E-state index contributed by atoms with van der Waals surface area (Å²) in [5.74, 6) is -1.41. The molecule has 1 amide bonds. The number of carboxylic acid groups (broad SMARTS) is 1. The number of thioether (sulfide) groups is 1. The van der Waals surface area contributed by atoms with Gasteiger partial charge in [0.15, 0.2) is 0 Å². The van der Waals surface area contributed by atoms with E-state index >= 15 is 0 Å². The summed E-state index contributed by atoms with van der Waals surface area (Å²) in [5.41, 5.74) is 6.10. The maximum absolute atomic E-state index is 13.3. The van der Waals surface area contributed by atoms with Gasteiger partial charge in [-0.25, -0.2) is 0 Å². The molecule has 9 heteroatoms. The van der Waals surface area contributed by atoms with Crippen LogP contribution in [0.25, 0.3) is 0 Å². The number of fused-ring (bicyclic) bond motifs is 1. The van der Waals surface area contributed by atoms with Gasteiger partial charge < -0.3 is 15.6 Å². The number of ether oxygens (including phenoxy) is 1. The maximum Gasteiger partial charge on any atom is 0.323 e. The number of carboxylic acids is 1. The van der Waals surface area contributed by atoms with Crippen molar-refractivity contribution >= 4 is 35.3 Å². The summed E-state index contributed by atoms with van der Waals surface area (Å²) in [4.78, 5) is 39.4. The summed E-state index contributed by atoms with van der Waals surface area (Å²) >= 11 is 1.48. The number of carbonyl (C=O) groups excluding carboxylic acids is 2. The highest BCUT2D eigenvalue weighted by atomic mass is 32.2. The number of hydrogen-bond acceptors (Lipinski definition) is 7. The molecule has 1 aliphatic rings. The van der Waals surface area contributed by atoms with E-state index in [9.17, 15) is 19.5 Å². The average Bonchev–Trinajstić information content (AvgIpc) is 2.89. The maximum atomic E-state index is 13.3. The lowest BCUT2D eigenvalue weighted by molar-refractivity contribution is -0.146. The van der Waals surface area contributed by atoms with Crippen LogP contribution in [0.2, 0.25) is 0 Å². The zero-order valence-electron chi connectivity index (χ0n) is 18.8. The van der Waals surface area contributed by atoms with E-state index in [-0.39, 0.29) is 18.5 Å². The molecule has 178 valence electrons. The van der Waals surface area contributed by atoms with Crippen LogP contribution in [-0.2, 0) is 19.1 Å². The summed E-state index contributed by atoms with van der Waals surface area (Å²) in [7, 11) is 0.